The van der Waals surface area contributed by atoms with Crippen LogP contribution in [0.5, 0.6) is 0 Å². The smallest absolute Gasteiger partial charge is 0.293 e. The Morgan fingerprint density at radius 3 is 3.00 bits per heavy atom. The van der Waals surface area contributed by atoms with Crippen molar-refractivity contribution in [2.24, 2.45) is 0 Å². The van der Waals surface area contributed by atoms with Gasteiger partial charge in [-0.3, -0.25) is 4.79 Å². The van der Waals surface area contributed by atoms with Crippen molar-refractivity contribution >= 4 is 5.82 Å². The Morgan fingerprint density at radius 1 is 1.61 bits per heavy atom. The van der Waals surface area contributed by atoms with Crippen LogP contribution in [0.3, 0.4) is 0 Å². The summed E-state index contributed by atoms with van der Waals surface area (Å²) in [6.45, 7) is 2.71. The maximum absolute atomic E-state index is 12.2. The monoisotopic (exact) mass is 251 g/mol. The SMILES string of the molecule is CCCC(COC)Nc1nccn(C2CC2)c1=O. The van der Waals surface area contributed by atoms with E-state index in [9.17, 15) is 4.79 Å². The molecule has 1 aliphatic rings. The normalized spacial score (nSPS) is 16.6. The lowest BCUT2D eigenvalue weighted by molar-refractivity contribution is 0.182. The Hall–Kier alpha value is -1.36. The second-order valence-electron chi connectivity index (χ2n) is 4.80. The molecule has 1 aromatic rings. The highest BCUT2D eigenvalue weighted by molar-refractivity contribution is 5.32. The fourth-order valence-corrected chi connectivity index (χ4v) is 2.10. The zero-order valence-electron chi connectivity index (χ0n) is 11.1. The average molecular weight is 251 g/mol. The van der Waals surface area contributed by atoms with Crippen LogP contribution in [0.25, 0.3) is 0 Å². The fraction of sp³-hybridized carbons (Fsp3) is 0.692. The van der Waals surface area contributed by atoms with Gasteiger partial charge in [-0.05, 0) is 19.3 Å². The Labute approximate surface area is 107 Å². The van der Waals surface area contributed by atoms with E-state index in [0.717, 1.165) is 25.7 Å². The number of rotatable bonds is 7. The van der Waals surface area contributed by atoms with Gasteiger partial charge in [0.2, 0.25) is 0 Å². The molecule has 1 aliphatic carbocycles. The number of hydrogen-bond donors (Lipinski definition) is 1. The molecule has 0 aromatic carbocycles. The van der Waals surface area contributed by atoms with E-state index >= 15 is 0 Å². The lowest BCUT2D eigenvalue weighted by atomic mass is 10.2. The summed E-state index contributed by atoms with van der Waals surface area (Å²) in [5.74, 6) is 0.444. The van der Waals surface area contributed by atoms with Gasteiger partial charge in [0.25, 0.3) is 5.56 Å². The predicted molar refractivity (Wildman–Crippen MR) is 71.0 cm³/mol. The van der Waals surface area contributed by atoms with Crippen LogP contribution >= 0.6 is 0 Å². The molecular formula is C13H21N3O2. The van der Waals surface area contributed by atoms with Crippen LogP contribution in [0.4, 0.5) is 5.82 Å². The van der Waals surface area contributed by atoms with Gasteiger partial charge in [0.05, 0.1) is 12.6 Å². The minimum atomic E-state index is -0.0165. The number of anilines is 1. The highest BCUT2D eigenvalue weighted by Gasteiger charge is 2.25. The molecule has 1 heterocycles. The zero-order valence-corrected chi connectivity index (χ0v) is 11.1. The molecule has 1 atom stereocenters. The van der Waals surface area contributed by atoms with Crippen molar-refractivity contribution in [2.75, 3.05) is 19.0 Å². The number of ether oxygens (including phenoxy) is 1. The van der Waals surface area contributed by atoms with E-state index in [0.29, 0.717) is 18.5 Å². The molecule has 1 saturated carbocycles. The van der Waals surface area contributed by atoms with Crippen LogP contribution in [-0.4, -0.2) is 29.3 Å². The first-order chi connectivity index (χ1) is 8.76. The van der Waals surface area contributed by atoms with Gasteiger partial charge < -0.3 is 14.6 Å². The molecule has 100 valence electrons. The van der Waals surface area contributed by atoms with Crippen LogP contribution in [0.2, 0.25) is 0 Å². The molecule has 5 heteroatoms. The van der Waals surface area contributed by atoms with Gasteiger partial charge in [0.15, 0.2) is 5.82 Å². The van der Waals surface area contributed by atoms with Gasteiger partial charge in [0, 0.05) is 25.5 Å². The van der Waals surface area contributed by atoms with Crippen LogP contribution in [0, 0.1) is 0 Å². The second-order valence-corrected chi connectivity index (χ2v) is 4.80. The van der Waals surface area contributed by atoms with E-state index < -0.39 is 0 Å². The largest absolute Gasteiger partial charge is 0.383 e. The summed E-state index contributed by atoms with van der Waals surface area (Å²) in [5.41, 5.74) is -0.0165. The Morgan fingerprint density at radius 2 is 2.39 bits per heavy atom. The van der Waals surface area contributed by atoms with E-state index in [2.05, 4.69) is 17.2 Å². The van der Waals surface area contributed by atoms with Crippen molar-refractivity contribution in [2.45, 2.75) is 44.7 Å². The standard InChI is InChI=1S/C13H21N3O2/c1-3-4-10(9-18-2)15-12-13(17)16(8-7-14-12)11-5-6-11/h7-8,10-11H,3-6,9H2,1-2H3,(H,14,15). The van der Waals surface area contributed by atoms with E-state index in [1.807, 2.05) is 0 Å². The Kier molecular flexibility index (Phi) is 4.36. The summed E-state index contributed by atoms with van der Waals surface area (Å²) in [6, 6.07) is 0.531. The minimum Gasteiger partial charge on any atom is -0.383 e. The molecule has 5 nitrogen and oxygen atoms in total. The lowest BCUT2D eigenvalue weighted by Crippen LogP contribution is -2.31. The first-order valence-electron chi connectivity index (χ1n) is 6.58. The van der Waals surface area contributed by atoms with Gasteiger partial charge in [-0.2, -0.15) is 0 Å². The van der Waals surface area contributed by atoms with Gasteiger partial charge in [-0.15, -0.1) is 0 Å². The molecule has 0 amide bonds. The van der Waals surface area contributed by atoms with Crippen molar-refractivity contribution < 1.29 is 4.74 Å². The van der Waals surface area contributed by atoms with Crippen molar-refractivity contribution in [3.05, 3.63) is 22.7 Å². The molecule has 1 N–H and O–H groups in total. The highest BCUT2D eigenvalue weighted by atomic mass is 16.5. The Balaban J connectivity index is 2.12. The number of nitrogens with zero attached hydrogens (tertiary/aromatic N) is 2. The maximum atomic E-state index is 12.2. The third-order valence-electron chi connectivity index (χ3n) is 3.15. The van der Waals surface area contributed by atoms with E-state index in [1.165, 1.54) is 0 Å². The van der Waals surface area contributed by atoms with Gasteiger partial charge in [-0.1, -0.05) is 13.3 Å². The minimum absolute atomic E-state index is 0.0165. The molecule has 18 heavy (non-hydrogen) atoms. The summed E-state index contributed by atoms with van der Waals surface area (Å²) < 4.78 is 6.94. The third-order valence-corrected chi connectivity index (χ3v) is 3.15. The molecule has 0 radical (unpaired) electrons. The topological polar surface area (TPSA) is 56.1 Å². The number of hydrogen-bond acceptors (Lipinski definition) is 4. The van der Waals surface area contributed by atoms with Gasteiger partial charge in [-0.25, -0.2) is 4.98 Å². The van der Waals surface area contributed by atoms with Crippen LogP contribution in [0.15, 0.2) is 17.2 Å². The van der Waals surface area contributed by atoms with E-state index in [1.54, 1.807) is 24.1 Å². The average Bonchev–Trinajstić information content (AvgIpc) is 3.16. The number of aromatic nitrogens is 2. The maximum Gasteiger partial charge on any atom is 0.293 e. The molecular weight excluding hydrogens is 230 g/mol. The lowest BCUT2D eigenvalue weighted by Gasteiger charge is -2.17. The molecule has 0 spiro atoms. The summed E-state index contributed by atoms with van der Waals surface area (Å²) in [6.07, 6.45) is 7.67. The number of methoxy groups -OCH3 is 1. The summed E-state index contributed by atoms with van der Waals surface area (Å²) in [4.78, 5) is 16.3. The fourth-order valence-electron chi connectivity index (χ4n) is 2.10. The molecule has 0 aliphatic heterocycles. The summed E-state index contributed by atoms with van der Waals surface area (Å²) in [5, 5.41) is 3.20. The zero-order chi connectivity index (χ0) is 13.0. The van der Waals surface area contributed by atoms with E-state index in [4.69, 9.17) is 4.74 Å². The molecule has 0 saturated heterocycles. The molecule has 1 fully saturated rings. The quantitative estimate of drug-likeness (QED) is 0.803. The van der Waals surface area contributed by atoms with Crippen molar-refractivity contribution in [3.8, 4) is 0 Å². The number of nitrogens with one attached hydrogen (secondary N) is 1. The van der Waals surface area contributed by atoms with Crippen LogP contribution in [-0.2, 0) is 4.74 Å². The third kappa shape index (κ3) is 3.10. The summed E-state index contributed by atoms with van der Waals surface area (Å²) >= 11 is 0. The molecule has 1 aromatic heterocycles. The van der Waals surface area contributed by atoms with Crippen LogP contribution in [0.1, 0.15) is 38.6 Å². The Bertz CT molecular complexity index is 434. The van der Waals surface area contributed by atoms with Crippen molar-refractivity contribution in [3.63, 3.8) is 0 Å². The molecule has 0 bridgehead atoms. The van der Waals surface area contributed by atoms with Crippen LogP contribution < -0.4 is 10.9 Å². The molecule has 1 unspecified atom stereocenters. The second kappa shape index (κ2) is 6.00. The van der Waals surface area contributed by atoms with E-state index in [-0.39, 0.29) is 11.6 Å². The van der Waals surface area contributed by atoms with Gasteiger partial charge >= 0.3 is 0 Å². The predicted octanol–water partition coefficient (Wildman–Crippen LogP) is 1.81. The van der Waals surface area contributed by atoms with Gasteiger partial charge in [0.1, 0.15) is 0 Å². The molecule has 2 rings (SSSR count). The van der Waals surface area contributed by atoms with Crippen molar-refractivity contribution in [1.29, 1.82) is 0 Å². The highest BCUT2D eigenvalue weighted by Crippen LogP contribution is 2.33. The van der Waals surface area contributed by atoms with Crippen molar-refractivity contribution in [1.82, 2.24) is 9.55 Å². The summed E-state index contributed by atoms with van der Waals surface area (Å²) in [7, 11) is 1.67. The first-order valence-corrected chi connectivity index (χ1v) is 6.58. The first kappa shape index (κ1) is 13.1.